The number of sulfonamides is 1. The van der Waals surface area contributed by atoms with Gasteiger partial charge < -0.3 is 5.73 Å². The molecule has 0 radical (unpaired) electrons. The number of nitrogens with zero attached hydrogens (tertiary/aromatic N) is 1. The Hall–Kier alpha value is -0.920. The lowest BCUT2D eigenvalue weighted by molar-refractivity contribution is 0.570. The van der Waals surface area contributed by atoms with E-state index in [0.29, 0.717) is 23.7 Å². The first kappa shape index (κ1) is 12.5. The van der Waals surface area contributed by atoms with Crippen LogP contribution in [0.15, 0.2) is 5.03 Å². The van der Waals surface area contributed by atoms with Crippen molar-refractivity contribution >= 4 is 10.0 Å². The zero-order valence-electron chi connectivity index (χ0n) is 9.86. The van der Waals surface area contributed by atoms with Gasteiger partial charge >= 0.3 is 0 Å². The third-order valence-corrected chi connectivity index (χ3v) is 4.47. The topological polar surface area (TPSA) is 101 Å². The second kappa shape index (κ2) is 4.75. The summed E-state index contributed by atoms with van der Waals surface area (Å²) in [7, 11) is -3.52. The van der Waals surface area contributed by atoms with Gasteiger partial charge in [-0.05, 0) is 19.3 Å². The van der Waals surface area contributed by atoms with Crippen molar-refractivity contribution in [3.8, 4) is 0 Å². The summed E-state index contributed by atoms with van der Waals surface area (Å²) in [5, 5.41) is 6.51. The number of rotatable bonds is 6. The molecule has 17 heavy (non-hydrogen) atoms. The van der Waals surface area contributed by atoms with Crippen molar-refractivity contribution in [2.45, 2.75) is 37.8 Å². The van der Waals surface area contributed by atoms with E-state index in [1.54, 1.807) is 6.92 Å². The van der Waals surface area contributed by atoms with Crippen molar-refractivity contribution in [3.63, 3.8) is 0 Å². The van der Waals surface area contributed by atoms with Gasteiger partial charge in [0.2, 0.25) is 0 Å². The third kappa shape index (κ3) is 2.85. The molecule has 0 aliphatic heterocycles. The van der Waals surface area contributed by atoms with E-state index in [0.717, 1.165) is 6.42 Å². The molecule has 0 unspecified atom stereocenters. The molecule has 2 rings (SSSR count). The first-order valence-corrected chi connectivity index (χ1v) is 7.26. The molecule has 1 aliphatic carbocycles. The number of hydrogen-bond donors (Lipinski definition) is 3. The van der Waals surface area contributed by atoms with Gasteiger partial charge in [-0.3, -0.25) is 5.10 Å². The molecule has 1 heterocycles. The highest BCUT2D eigenvalue weighted by atomic mass is 32.2. The van der Waals surface area contributed by atoms with Crippen molar-refractivity contribution in [2.75, 3.05) is 6.54 Å². The van der Waals surface area contributed by atoms with Crippen molar-refractivity contribution in [3.05, 3.63) is 11.3 Å². The van der Waals surface area contributed by atoms with Crippen LogP contribution in [0.5, 0.6) is 0 Å². The molecule has 96 valence electrons. The Bertz CT molecular complexity index is 490. The van der Waals surface area contributed by atoms with Gasteiger partial charge in [0.25, 0.3) is 10.0 Å². The highest BCUT2D eigenvalue weighted by Gasteiger charge is 2.25. The lowest BCUT2D eigenvalue weighted by atomic mass is 10.3. The molecule has 1 saturated carbocycles. The Morgan fingerprint density at radius 2 is 2.24 bits per heavy atom. The number of H-pyrrole nitrogens is 1. The molecule has 7 heteroatoms. The monoisotopic (exact) mass is 258 g/mol. The van der Waals surface area contributed by atoms with E-state index in [1.807, 2.05) is 0 Å². The van der Waals surface area contributed by atoms with Gasteiger partial charge in [-0.1, -0.05) is 12.8 Å². The first-order valence-electron chi connectivity index (χ1n) is 5.78. The summed E-state index contributed by atoms with van der Waals surface area (Å²) < 4.78 is 26.5. The summed E-state index contributed by atoms with van der Waals surface area (Å²) in [6.45, 7) is 2.41. The van der Waals surface area contributed by atoms with Crippen molar-refractivity contribution in [1.82, 2.24) is 14.9 Å². The zero-order valence-corrected chi connectivity index (χ0v) is 10.7. The van der Waals surface area contributed by atoms with E-state index in [-0.39, 0.29) is 11.6 Å². The number of aromatic amines is 1. The smallest absolute Gasteiger partial charge is 0.260 e. The molecule has 4 N–H and O–H groups in total. The molecular formula is C10H18N4O2S. The molecule has 1 aliphatic rings. The standard InChI is InChI=1S/C10H18N4O2S/c1-7-9(6-11)10(14-13-7)17(15,16)12-5-4-8-2-3-8/h8,12H,2-6,11H2,1H3,(H,13,14). The van der Waals surface area contributed by atoms with Crippen LogP contribution in [0.25, 0.3) is 0 Å². The summed E-state index contributed by atoms with van der Waals surface area (Å²) in [5.74, 6) is 0.701. The Morgan fingerprint density at radius 3 is 2.82 bits per heavy atom. The predicted molar refractivity (Wildman–Crippen MR) is 63.7 cm³/mol. The van der Waals surface area contributed by atoms with Crippen LogP contribution in [0, 0.1) is 12.8 Å². The second-order valence-corrected chi connectivity index (χ2v) is 6.15. The first-order chi connectivity index (χ1) is 8.04. The predicted octanol–water partition coefficient (Wildman–Crippen LogP) is 0.255. The fourth-order valence-electron chi connectivity index (χ4n) is 1.76. The minimum atomic E-state index is -3.52. The Kier molecular flexibility index (Phi) is 3.50. The van der Waals surface area contributed by atoms with Crippen LogP contribution in [-0.4, -0.2) is 25.2 Å². The van der Waals surface area contributed by atoms with Crippen molar-refractivity contribution in [1.29, 1.82) is 0 Å². The zero-order chi connectivity index (χ0) is 12.5. The minimum Gasteiger partial charge on any atom is -0.326 e. The van der Waals surface area contributed by atoms with Crippen LogP contribution in [0.3, 0.4) is 0 Å². The van der Waals surface area contributed by atoms with E-state index in [2.05, 4.69) is 14.9 Å². The molecule has 0 amide bonds. The Morgan fingerprint density at radius 1 is 1.53 bits per heavy atom. The van der Waals surface area contributed by atoms with Gasteiger partial charge in [0.1, 0.15) is 0 Å². The Labute approximate surface area is 101 Å². The highest BCUT2D eigenvalue weighted by molar-refractivity contribution is 7.89. The SMILES string of the molecule is Cc1[nH]nc(S(=O)(=O)NCCC2CC2)c1CN. The van der Waals surface area contributed by atoms with E-state index < -0.39 is 10.0 Å². The molecule has 0 bridgehead atoms. The number of aromatic nitrogens is 2. The Balaban J connectivity index is 2.06. The lowest BCUT2D eigenvalue weighted by Gasteiger charge is -2.05. The fourth-order valence-corrected chi connectivity index (χ4v) is 3.01. The molecule has 0 aromatic carbocycles. The summed E-state index contributed by atoms with van der Waals surface area (Å²) >= 11 is 0. The maximum Gasteiger partial charge on any atom is 0.260 e. The van der Waals surface area contributed by atoms with Crippen molar-refractivity contribution < 1.29 is 8.42 Å². The van der Waals surface area contributed by atoms with Gasteiger partial charge in [0.15, 0.2) is 5.03 Å². The molecule has 1 fully saturated rings. The third-order valence-electron chi connectivity index (χ3n) is 3.04. The number of hydrogen-bond acceptors (Lipinski definition) is 4. The average Bonchev–Trinajstić information content (AvgIpc) is 3.00. The van der Waals surface area contributed by atoms with Crippen LogP contribution in [0.2, 0.25) is 0 Å². The van der Waals surface area contributed by atoms with Gasteiger partial charge in [-0.15, -0.1) is 0 Å². The summed E-state index contributed by atoms with van der Waals surface area (Å²) in [4.78, 5) is 0. The molecular weight excluding hydrogens is 240 g/mol. The maximum absolute atomic E-state index is 12.0. The highest BCUT2D eigenvalue weighted by Crippen LogP contribution is 2.31. The quantitative estimate of drug-likeness (QED) is 0.681. The van der Waals surface area contributed by atoms with E-state index in [1.165, 1.54) is 12.8 Å². The molecule has 1 aromatic rings. The molecule has 0 atom stereocenters. The van der Waals surface area contributed by atoms with Gasteiger partial charge in [0, 0.05) is 24.3 Å². The number of nitrogens with two attached hydrogens (primary N) is 1. The molecule has 0 saturated heterocycles. The molecule has 6 nitrogen and oxygen atoms in total. The van der Waals surface area contributed by atoms with E-state index >= 15 is 0 Å². The number of aryl methyl sites for hydroxylation is 1. The van der Waals surface area contributed by atoms with Crippen molar-refractivity contribution in [2.24, 2.45) is 11.7 Å². The van der Waals surface area contributed by atoms with Gasteiger partial charge in [0.05, 0.1) is 0 Å². The van der Waals surface area contributed by atoms with Gasteiger partial charge in [-0.25, -0.2) is 13.1 Å². The molecule has 1 aromatic heterocycles. The van der Waals surface area contributed by atoms with E-state index in [4.69, 9.17) is 5.73 Å². The van der Waals surface area contributed by atoms with Crippen LogP contribution in [0.4, 0.5) is 0 Å². The minimum absolute atomic E-state index is 0.0355. The number of nitrogens with one attached hydrogen (secondary N) is 2. The fraction of sp³-hybridized carbons (Fsp3) is 0.700. The average molecular weight is 258 g/mol. The van der Waals surface area contributed by atoms with Crippen LogP contribution in [-0.2, 0) is 16.6 Å². The van der Waals surface area contributed by atoms with Crippen LogP contribution < -0.4 is 10.5 Å². The summed E-state index contributed by atoms with van der Waals surface area (Å²) in [6, 6.07) is 0. The van der Waals surface area contributed by atoms with Gasteiger partial charge in [-0.2, -0.15) is 5.10 Å². The van der Waals surface area contributed by atoms with Crippen LogP contribution >= 0.6 is 0 Å². The second-order valence-electron chi connectivity index (χ2n) is 4.47. The van der Waals surface area contributed by atoms with E-state index in [9.17, 15) is 8.42 Å². The molecule has 0 spiro atoms. The largest absolute Gasteiger partial charge is 0.326 e. The lowest BCUT2D eigenvalue weighted by Crippen LogP contribution is -2.26. The maximum atomic E-state index is 12.0. The van der Waals surface area contributed by atoms with Crippen LogP contribution in [0.1, 0.15) is 30.5 Å². The summed E-state index contributed by atoms with van der Waals surface area (Å²) in [5.41, 5.74) is 6.79. The normalized spacial score (nSPS) is 16.4. The summed E-state index contributed by atoms with van der Waals surface area (Å²) in [6.07, 6.45) is 3.34.